The van der Waals surface area contributed by atoms with E-state index in [1.54, 1.807) is 0 Å². The van der Waals surface area contributed by atoms with Gasteiger partial charge in [0.15, 0.2) is 0 Å². The molecule has 0 radical (unpaired) electrons. The summed E-state index contributed by atoms with van der Waals surface area (Å²) in [5.74, 6) is 0.0679. The maximum absolute atomic E-state index is 12.6. The van der Waals surface area contributed by atoms with Crippen molar-refractivity contribution in [2.45, 2.75) is 31.8 Å². The predicted octanol–water partition coefficient (Wildman–Crippen LogP) is 2.82. The van der Waals surface area contributed by atoms with E-state index in [4.69, 9.17) is 5.11 Å². The van der Waals surface area contributed by atoms with Gasteiger partial charge in [-0.1, -0.05) is 42.5 Å². The van der Waals surface area contributed by atoms with Crippen LogP contribution in [0.5, 0.6) is 0 Å². The van der Waals surface area contributed by atoms with Gasteiger partial charge in [0.2, 0.25) is 5.91 Å². The first kappa shape index (κ1) is 16.7. The first-order valence-corrected chi connectivity index (χ1v) is 8.55. The van der Waals surface area contributed by atoms with Crippen LogP contribution >= 0.6 is 0 Å². The summed E-state index contributed by atoms with van der Waals surface area (Å²) in [6.07, 6.45) is 2.60. The largest absolute Gasteiger partial charge is 0.396 e. The molecule has 126 valence electrons. The second kappa shape index (κ2) is 8.08. The molecule has 3 rings (SSSR count). The summed E-state index contributed by atoms with van der Waals surface area (Å²) >= 11 is 0. The number of benzene rings is 2. The number of rotatable bonds is 6. The second-order valence-corrected chi connectivity index (χ2v) is 6.27. The van der Waals surface area contributed by atoms with E-state index in [2.05, 4.69) is 22.3 Å². The van der Waals surface area contributed by atoms with Gasteiger partial charge in [-0.25, -0.2) is 0 Å². The van der Waals surface area contributed by atoms with Gasteiger partial charge in [0.25, 0.3) is 0 Å². The highest BCUT2D eigenvalue weighted by molar-refractivity contribution is 5.95. The van der Waals surface area contributed by atoms with Crippen molar-refractivity contribution in [2.75, 3.05) is 18.5 Å². The van der Waals surface area contributed by atoms with Gasteiger partial charge in [0.05, 0.1) is 6.04 Å². The summed E-state index contributed by atoms with van der Waals surface area (Å²) in [7, 11) is 0. The standard InChI is InChI=1S/C20H24N2O2/c23-14-12-16-8-10-18(11-9-16)21-20(24)19-7-4-13-22(19)15-17-5-2-1-3-6-17/h1-3,5-6,8-11,19,23H,4,7,12-15H2,(H,21,24). The number of carbonyl (C=O) groups excluding carboxylic acids is 1. The summed E-state index contributed by atoms with van der Waals surface area (Å²) in [4.78, 5) is 14.9. The number of hydrogen-bond donors (Lipinski definition) is 2. The lowest BCUT2D eigenvalue weighted by Gasteiger charge is -2.23. The van der Waals surface area contributed by atoms with E-state index in [0.29, 0.717) is 6.42 Å². The van der Waals surface area contributed by atoms with Crippen molar-refractivity contribution in [1.29, 1.82) is 0 Å². The Morgan fingerprint density at radius 2 is 1.83 bits per heavy atom. The molecule has 0 aromatic heterocycles. The van der Waals surface area contributed by atoms with Crippen LogP contribution < -0.4 is 5.32 Å². The molecule has 24 heavy (non-hydrogen) atoms. The van der Waals surface area contributed by atoms with Crippen LogP contribution in [0.15, 0.2) is 54.6 Å². The van der Waals surface area contributed by atoms with Crippen LogP contribution in [0.2, 0.25) is 0 Å². The molecular formula is C20H24N2O2. The Hall–Kier alpha value is -2.17. The van der Waals surface area contributed by atoms with E-state index >= 15 is 0 Å². The monoisotopic (exact) mass is 324 g/mol. The molecule has 1 aliphatic heterocycles. The number of likely N-dealkylation sites (tertiary alicyclic amines) is 1. The summed E-state index contributed by atoms with van der Waals surface area (Å²) in [6.45, 7) is 1.92. The van der Waals surface area contributed by atoms with Crippen molar-refractivity contribution in [1.82, 2.24) is 4.90 Å². The Morgan fingerprint density at radius 3 is 2.54 bits per heavy atom. The fourth-order valence-electron chi connectivity index (χ4n) is 3.24. The average Bonchev–Trinajstić information content (AvgIpc) is 3.06. The molecule has 0 bridgehead atoms. The lowest BCUT2D eigenvalue weighted by Crippen LogP contribution is -2.39. The third-order valence-electron chi connectivity index (χ3n) is 4.52. The minimum Gasteiger partial charge on any atom is -0.396 e. The van der Waals surface area contributed by atoms with Crippen molar-refractivity contribution in [3.63, 3.8) is 0 Å². The molecule has 2 aromatic carbocycles. The zero-order chi connectivity index (χ0) is 16.8. The van der Waals surface area contributed by atoms with Crippen molar-refractivity contribution in [3.8, 4) is 0 Å². The molecule has 1 atom stereocenters. The van der Waals surface area contributed by atoms with Crippen LogP contribution in [0.3, 0.4) is 0 Å². The first-order valence-electron chi connectivity index (χ1n) is 8.55. The quantitative estimate of drug-likeness (QED) is 0.859. The molecule has 2 aromatic rings. The maximum Gasteiger partial charge on any atom is 0.241 e. The van der Waals surface area contributed by atoms with Crippen LogP contribution in [-0.4, -0.2) is 35.1 Å². The van der Waals surface area contributed by atoms with Crippen molar-refractivity contribution in [2.24, 2.45) is 0 Å². The summed E-state index contributed by atoms with van der Waals surface area (Å²) < 4.78 is 0. The number of amides is 1. The maximum atomic E-state index is 12.6. The highest BCUT2D eigenvalue weighted by Crippen LogP contribution is 2.22. The number of aliphatic hydroxyl groups excluding tert-OH is 1. The van der Waals surface area contributed by atoms with Crippen LogP contribution in [0.4, 0.5) is 5.69 Å². The Balaban J connectivity index is 1.61. The smallest absolute Gasteiger partial charge is 0.241 e. The summed E-state index contributed by atoms with van der Waals surface area (Å²) in [5, 5.41) is 12.0. The zero-order valence-corrected chi connectivity index (χ0v) is 13.8. The lowest BCUT2D eigenvalue weighted by molar-refractivity contribution is -0.120. The summed E-state index contributed by atoms with van der Waals surface area (Å²) in [6, 6.07) is 17.9. The third-order valence-corrected chi connectivity index (χ3v) is 4.52. The van der Waals surface area contributed by atoms with E-state index < -0.39 is 0 Å². The Kier molecular flexibility index (Phi) is 5.62. The number of nitrogens with zero attached hydrogens (tertiary/aromatic N) is 1. The molecule has 0 aliphatic carbocycles. The third kappa shape index (κ3) is 4.22. The van der Waals surface area contributed by atoms with Gasteiger partial charge in [-0.3, -0.25) is 9.69 Å². The van der Waals surface area contributed by atoms with Crippen LogP contribution in [-0.2, 0) is 17.8 Å². The van der Waals surface area contributed by atoms with E-state index in [0.717, 1.165) is 37.2 Å². The number of aliphatic hydroxyl groups is 1. The number of nitrogens with one attached hydrogen (secondary N) is 1. The Labute approximate surface area is 143 Å². The second-order valence-electron chi connectivity index (χ2n) is 6.27. The molecule has 0 spiro atoms. The molecule has 1 heterocycles. The Morgan fingerprint density at radius 1 is 1.08 bits per heavy atom. The van der Waals surface area contributed by atoms with Gasteiger partial charge in [-0.05, 0) is 49.1 Å². The zero-order valence-electron chi connectivity index (χ0n) is 13.8. The van der Waals surface area contributed by atoms with Gasteiger partial charge in [-0.2, -0.15) is 0 Å². The molecular weight excluding hydrogens is 300 g/mol. The Bertz CT molecular complexity index is 655. The molecule has 1 amide bonds. The molecule has 4 heteroatoms. The van der Waals surface area contributed by atoms with Crippen molar-refractivity contribution in [3.05, 3.63) is 65.7 Å². The van der Waals surface area contributed by atoms with Gasteiger partial charge >= 0.3 is 0 Å². The van der Waals surface area contributed by atoms with E-state index in [1.165, 1.54) is 5.56 Å². The lowest BCUT2D eigenvalue weighted by atomic mass is 10.1. The minimum absolute atomic E-state index is 0.0673. The van der Waals surface area contributed by atoms with E-state index in [-0.39, 0.29) is 18.6 Å². The highest BCUT2D eigenvalue weighted by atomic mass is 16.3. The van der Waals surface area contributed by atoms with Crippen molar-refractivity contribution < 1.29 is 9.90 Å². The van der Waals surface area contributed by atoms with E-state index in [9.17, 15) is 4.79 Å². The van der Waals surface area contributed by atoms with Gasteiger partial charge in [-0.15, -0.1) is 0 Å². The van der Waals surface area contributed by atoms with Crippen LogP contribution in [0.1, 0.15) is 24.0 Å². The van der Waals surface area contributed by atoms with Crippen LogP contribution in [0.25, 0.3) is 0 Å². The van der Waals surface area contributed by atoms with Gasteiger partial charge in [0.1, 0.15) is 0 Å². The number of hydrogen-bond acceptors (Lipinski definition) is 3. The predicted molar refractivity (Wildman–Crippen MR) is 95.7 cm³/mol. The van der Waals surface area contributed by atoms with Crippen molar-refractivity contribution >= 4 is 11.6 Å². The molecule has 1 fully saturated rings. The molecule has 2 N–H and O–H groups in total. The van der Waals surface area contributed by atoms with Gasteiger partial charge in [0, 0.05) is 18.8 Å². The SMILES string of the molecule is O=C(Nc1ccc(CCO)cc1)C1CCCN1Cc1ccccc1. The first-order chi connectivity index (χ1) is 11.8. The molecule has 4 nitrogen and oxygen atoms in total. The molecule has 1 saturated heterocycles. The fourth-order valence-corrected chi connectivity index (χ4v) is 3.24. The van der Waals surface area contributed by atoms with Crippen LogP contribution in [0, 0.1) is 0 Å². The average molecular weight is 324 g/mol. The molecule has 1 aliphatic rings. The number of carbonyl (C=O) groups is 1. The summed E-state index contributed by atoms with van der Waals surface area (Å²) in [5.41, 5.74) is 3.13. The topological polar surface area (TPSA) is 52.6 Å². The highest BCUT2D eigenvalue weighted by Gasteiger charge is 2.30. The minimum atomic E-state index is -0.0673. The molecule has 0 saturated carbocycles. The normalized spacial score (nSPS) is 17.8. The van der Waals surface area contributed by atoms with Gasteiger partial charge < -0.3 is 10.4 Å². The number of anilines is 1. The molecule has 1 unspecified atom stereocenters. The fraction of sp³-hybridized carbons (Fsp3) is 0.350. The van der Waals surface area contributed by atoms with E-state index in [1.807, 2.05) is 42.5 Å².